The molecule has 2 aliphatic carbocycles. The number of ketones is 2. The van der Waals surface area contributed by atoms with Crippen molar-refractivity contribution in [1.82, 2.24) is 0 Å². The summed E-state index contributed by atoms with van der Waals surface area (Å²) in [5.74, 6) is -0.303. The van der Waals surface area contributed by atoms with Crippen LogP contribution in [0.25, 0.3) is 0 Å². The van der Waals surface area contributed by atoms with Crippen molar-refractivity contribution < 1.29 is 19.4 Å². The van der Waals surface area contributed by atoms with Crippen LogP contribution in [0.1, 0.15) is 58.3 Å². The third-order valence-corrected chi connectivity index (χ3v) is 5.09. The summed E-state index contributed by atoms with van der Waals surface area (Å²) in [4.78, 5) is 25.2. The molecule has 1 fully saturated rings. The summed E-state index contributed by atoms with van der Waals surface area (Å²) in [5, 5.41) is 10.3. The molecule has 0 radical (unpaired) electrons. The molecule has 4 nitrogen and oxygen atoms in total. The largest absolute Gasteiger partial charge is 0.364 e. The van der Waals surface area contributed by atoms with Crippen molar-refractivity contribution in [2.45, 2.75) is 70.2 Å². The molecular formula is C16H22O4. The van der Waals surface area contributed by atoms with Crippen LogP contribution in [0, 0.1) is 5.92 Å². The van der Waals surface area contributed by atoms with Gasteiger partial charge in [-0.15, -0.1) is 0 Å². The fourth-order valence-electron chi connectivity index (χ4n) is 4.02. The van der Waals surface area contributed by atoms with Gasteiger partial charge in [0, 0.05) is 6.42 Å². The van der Waals surface area contributed by atoms with Gasteiger partial charge >= 0.3 is 0 Å². The third kappa shape index (κ3) is 1.89. The predicted octanol–water partition coefficient (Wildman–Crippen LogP) is 2.29. The molecule has 0 aromatic carbocycles. The highest BCUT2D eigenvalue weighted by Gasteiger charge is 2.57. The molecule has 0 aromatic rings. The first-order valence-electron chi connectivity index (χ1n) is 7.75. The maximum absolute atomic E-state index is 12.8. The summed E-state index contributed by atoms with van der Waals surface area (Å²) in [6.45, 7) is 2.05. The molecule has 0 spiro atoms. The van der Waals surface area contributed by atoms with Gasteiger partial charge in [0.2, 0.25) is 0 Å². The number of ether oxygens (including phenoxy) is 1. The zero-order chi connectivity index (χ0) is 14.3. The highest BCUT2D eigenvalue weighted by Crippen LogP contribution is 2.47. The first kappa shape index (κ1) is 14.0. The standard InChI is InChI=1S/C16H22O4/c1-2-3-9-16-12(7-8-13(16)17)14(18)10-5-4-6-11(10)15(19)20-16/h12,15,19H,2-9H2,1H3/t12-,15-,16+/m0/s1. The maximum Gasteiger partial charge on any atom is 0.179 e. The van der Waals surface area contributed by atoms with E-state index >= 15 is 0 Å². The predicted molar refractivity (Wildman–Crippen MR) is 73.0 cm³/mol. The topological polar surface area (TPSA) is 63.6 Å². The van der Waals surface area contributed by atoms with Crippen LogP contribution in [0.3, 0.4) is 0 Å². The fourth-order valence-corrected chi connectivity index (χ4v) is 4.02. The van der Waals surface area contributed by atoms with E-state index in [9.17, 15) is 14.7 Å². The van der Waals surface area contributed by atoms with E-state index in [1.54, 1.807) is 0 Å². The maximum atomic E-state index is 12.8. The Labute approximate surface area is 119 Å². The molecule has 3 atom stereocenters. The Hall–Kier alpha value is -1.00. The van der Waals surface area contributed by atoms with Gasteiger partial charge in [-0.1, -0.05) is 19.8 Å². The van der Waals surface area contributed by atoms with E-state index in [0.717, 1.165) is 36.8 Å². The van der Waals surface area contributed by atoms with Gasteiger partial charge in [-0.25, -0.2) is 0 Å². The van der Waals surface area contributed by atoms with Crippen molar-refractivity contribution in [2.75, 3.05) is 0 Å². The van der Waals surface area contributed by atoms with Crippen LogP contribution in [0.15, 0.2) is 11.1 Å². The number of carbonyl (C=O) groups excluding carboxylic acids is 2. The molecule has 1 saturated carbocycles. The van der Waals surface area contributed by atoms with Crippen LogP contribution in [-0.2, 0) is 14.3 Å². The minimum Gasteiger partial charge on any atom is -0.364 e. The minimum atomic E-state index is -1.07. The van der Waals surface area contributed by atoms with Gasteiger partial charge in [0.25, 0.3) is 0 Å². The number of aliphatic hydroxyl groups excluding tert-OH is 1. The molecule has 0 unspecified atom stereocenters. The number of unbranched alkanes of at least 4 members (excludes halogenated alkanes) is 1. The summed E-state index contributed by atoms with van der Waals surface area (Å²) in [6.07, 6.45) is 4.59. The Balaban J connectivity index is 2.00. The lowest BCUT2D eigenvalue weighted by molar-refractivity contribution is -0.188. The summed E-state index contributed by atoms with van der Waals surface area (Å²) in [5.41, 5.74) is 0.417. The molecule has 0 bridgehead atoms. The molecule has 3 rings (SSSR count). The second-order valence-electron chi connectivity index (χ2n) is 6.20. The second kappa shape index (κ2) is 5.08. The van der Waals surface area contributed by atoms with Crippen LogP contribution in [-0.4, -0.2) is 28.6 Å². The van der Waals surface area contributed by atoms with E-state index in [1.165, 1.54) is 0 Å². The van der Waals surface area contributed by atoms with E-state index in [2.05, 4.69) is 6.92 Å². The molecule has 1 aliphatic heterocycles. The number of Topliss-reactive ketones (excluding diaryl/α,β-unsaturated/α-hetero) is 2. The first-order valence-corrected chi connectivity index (χ1v) is 7.75. The Kier molecular flexibility index (Phi) is 3.55. The zero-order valence-corrected chi connectivity index (χ0v) is 12.0. The van der Waals surface area contributed by atoms with Crippen LogP contribution >= 0.6 is 0 Å². The highest BCUT2D eigenvalue weighted by molar-refractivity contribution is 6.06. The Morgan fingerprint density at radius 3 is 2.85 bits per heavy atom. The van der Waals surface area contributed by atoms with Crippen molar-refractivity contribution >= 4 is 11.6 Å². The molecule has 0 amide bonds. The molecule has 0 aromatic heterocycles. The van der Waals surface area contributed by atoms with Crippen molar-refractivity contribution in [3.63, 3.8) is 0 Å². The lowest BCUT2D eigenvalue weighted by atomic mass is 9.80. The van der Waals surface area contributed by atoms with E-state index in [4.69, 9.17) is 4.74 Å². The number of fused-ring (bicyclic) bond motifs is 1. The monoisotopic (exact) mass is 278 g/mol. The number of aliphatic hydroxyl groups is 1. The molecule has 3 aliphatic rings. The molecule has 20 heavy (non-hydrogen) atoms. The lowest BCUT2D eigenvalue weighted by Crippen LogP contribution is -2.47. The van der Waals surface area contributed by atoms with Crippen LogP contribution in [0.2, 0.25) is 0 Å². The third-order valence-electron chi connectivity index (χ3n) is 5.09. The van der Waals surface area contributed by atoms with Gasteiger partial charge in [0.05, 0.1) is 5.92 Å². The summed E-state index contributed by atoms with van der Waals surface area (Å²) >= 11 is 0. The van der Waals surface area contributed by atoms with Gasteiger partial charge in [0.1, 0.15) is 5.60 Å². The summed E-state index contributed by atoms with van der Waals surface area (Å²) in [6, 6.07) is 0. The van der Waals surface area contributed by atoms with Crippen molar-refractivity contribution in [1.29, 1.82) is 0 Å². The fraction of sp³-hybridized carbons (Fsp3) is 0.750. The Bertz CT molecular complexity index is 479. The zero-order valence-electron chi connectivity index (χ0n) is 12.0. The SMILES string of the molecule is CCCC[C@@]12O[C@H](O)C3=C(CCC3)C(=O)[C@@H]1CCC2=O. The minimum absolute atomic E-state index is 0.00419. The number of hydrogen-bond acceptors (Lipinski definition) is 4. The van der Waals surface area contributed by atoms with Gasteiger partial charge in [0.15, 0.2) is 17.9 Å². The average molecular weight is 278 g/mol. The number of rotatable bonds is 3. The number of allylic oxidation sites excluding steroid dienone is 1. The smallest absolute Gasteiger partial charge is 0.179 e. The van der Waals surface area contributed by atoms with Crippen LogP contribution in [0.5, 0.6) is 0 Å². The molecule has 0 saturated heterocycles. The van der Waals surface area contributed by atoms with Gasteiger partial charge in [-0.3, -0.25) is 9.59 Å². The Morgan fingerprint density at radius 2 is 2.10 bits per heavy atom. The van der Waals surface area contributed by atoms with Crippen molar-refractivity contribution in [2.24, 2.45) is 5.92 Å². The van der Waals surface area contributed by atoms with E-state index in [-0.39, 0.29) is 17.5 Å². The van der Waals surface area contributed by atoms with Crippen LogP contribution < -0.4 is 0 Å². The second-order valence-corrected chi connectivity index (χ2v) is 6.20. The molecule has 110 valence electrons. The van der Waals surface area contributed by atoms with Crippen molar-refractivity contribution in [3.8, 4) is 0 Å². The van der Waals surface area contributed by atoms with E-state index in [1.807, 2.05) is 0 Å². The quantitative estimate of drug-likeness (QED) is 0.860. The lowest BCUT2D eigenvalue weighted by Gasteiger charge is -2.33. The average Bonchev–Trinajstić information content (AvgIpc) is 3.01. The molecule has 4 heteroatoms. The van der Waals surface area contributed by atoms with E-state index < -0.39 is 11.9 Å². The molecule has 1 N–H and O–H groups in total. The number of carbonyl (C=O) groups is 2. The molecular weight excluding hydrogens is 256 g/mol. The summed E-state index contributed by atoms with van der Waals surface area (Å²) < 4.78 is 5.85. The number of hydrogen-bond donors (Lipinski definition) is 1. The van der Waals surface area contributed by atoms with Gasteiger partial charge < -0.3 is 9.84 Å². The van der Waals surface area contributed by atoms with E-state index in [0.29, 0.717) is 25.7 Å². The van der Waals surface area contributed by atoms with Crippen molar-refractivity contribution in [3.05, 3.63) is 11.1 Å². The summed E-state index contributed by atoms with van der Waals surface area (Å²) in [7, 11) is 0. The Morgan fingerprint density at radius 1 is 1.30 bits per heavy atom. The van der Waals surface area contributed by atoms with Gasteiger partial charge in [-0.05, 0) is 43.3 Å². The highest BCUT2D eigenvalue weighted by atomic mass is 16.6. The normalized spacial score (nSPS) is 37.1. The van der Waals surface area contributed by atoms with Gasteiger partial charge in [-0.2, -0.15) is 0 Å². The van der Waals surface area contributed by atoms with Crippen LogP contribution in [0.4, 0.5) is 0 Å². The first-order chi connectivity index (χ1) is 9.60. The molecule has 1 heterocycles.